The van der Waals surface area contributed by atoms with Crippen LogP contribution < -0.4 is 0 Å². The van der Waals surface area contributed by atoms with Crippen molar-refractivity contribution >= 4 is 23.6 Å². The zero-order valence-electron chi connectivity index (χ0n) is 5.51. The van der Waals surface area contributed by atoms with Crippen LogP contribution in [0.1, 0.15) is 9.75 Å². The summed E-state index contributed by atoms with van der Waals surface area (Å²) in [6, 6.07) is 4.14. The van der Waals surface area contributed by atoms with E-state index in [2.05, 4.69) is 38.2 Å². The second kappa shape index (κ2) is 2.58. The average molecular weight is 157 g/mol. The van der Waals surface area contributed by atoms with E-state index in [0.717, 1.165) is 4.51 Å². The third kappa shape index (κ3) is 1.88. The van der Waals surface area contributed by atoms with Crippen LogP contribution in [0, 0.1) is 18.4 Å². The van der Waals surface area contributed by atoms with Crippen molar-refractivity contribution in [3.8, 4) is 0 Å². The van der Waals surface area contributed by atoms with Crippen LogP contribution in [0.2, 0.25) is 0 Å². The monoisotopic (exact) mass is 157 g/mol. The summed E-state index contributed by atoms with van der Waals surface area (Å²) >= 11 is 6.03. The largest absolute Gasteiger partial charge is 0.223 e. The van der Waals surface area contributed by atoms with Crippen LogP contribution >= 0.6 is 11.3 Å². The van der Waals surface area contributed by atoms with E-state index in [0.29, 0.717) is 0 Å². The predicted molar refractivity (Wildman–Crippen MR) is 45.8 cm³/mol. The molecule has 1 aromatic heterocycles. The van der Waals surface area contributed by atoms with Crippen LogP contribution in [0.15, 0.2) is 12.1 Å². The van der Waals surface area contributed by atoms with Crippen molar-refractivity contribution in [2.75, 3.05) is 0 Å². The van der Waals surface area contributed by atoms with Gasteiger partial charge in [0.1, 0.15) is 0 Å². The van der Waals surface area contributed by atoms with E-state index in [1.807, 2.05) is 0 Å². The second-order valence-electron chi connectivity index (χ2n) is 2.04. The van der Waals surface area contributed by atoms with Crippen LogP contribution in [0.25, 0.3) is 0 Å². The molecular weight excluding hydrogens is 148 g/mol. The van der Waals surface area contributed by atoms with Crippen molar-refractivity contribution in [1.29, 1.82) is 0 Å². The summed E-state index contributed by atoms with van der Waals surface area (Å²) < 4.78 is 1.06. The SMILES string of the molecule is Cc1cc(=[SH+])cc(C)s1. The van der Waals surface area contributed by atoms with Gasteiger partial charge in [-0.25, -0.2) is 0 Å². The zero-order valence-corrected chi connectivity index (χ0v) is 7.22. The molecule has 0 bridgehead atoms. The summed E-state index contributed by atoms with van der Waals surface area (Å²) in [6.07, 6.45) is 0. The minimum absolute atomic E-state index is 1.06. The highest BCUT2D eigenvalue weighted by Crippen LogP contribution is 2.10. The molecule has 1 aromatic rings. The third-order valence-corrected chi connectivity index (χ3v) is 2.16. The molecule has 0 nitrogen and oxygen atoms in total. The van der Waals surface area contributed by atoms with Crippen molar-refractivity contribution in [3.63, 3.8) is 0 Å². The van der Waals surface area contributed by atoms with E-state index >= 15 is 0 Å². The lowest BCUT2D eigenvalue weighted by atomic mass is 10.4. The van der Waals surface area contributed by atoms with E-state index < -0.39 is 0 Å². The number of hydrogen-bond acceptors (Lipinski definition) is 1. The quantitative estimate of drug-likeness (QED) is 0.307. The fraction of sp³-hybridized carbons (Fsp3) is 0.286. The van der Waals surface area contributed by atoms with Crippen LogP contribution in [0.5, 0.6) is 0 Å². The minimum Gasteiger partial charge on any atom is -0.146 e. The van der Waals surface area contributed by atoms with Crippen molar-refractivity contribution < 1.29 is 0 Å². The Balaban J connectivity index is 3.33. The lowest BCUT2D eigenvalue weighted by Gasteiger charge is -1.87. The highest BCUT2D eigenvalue weighted by Gasteiger charge is 1.90. The topological polar surface area (TPSA) is 0 Å². The van der Waals surface area contributed by atoms with Crippen LogP contribution in [0.4, 0.5) is 0 Å². The third-order valence-electron chi connectivity index (χ3n) is 1.02. The van der Waals surface area contributed by atoms with Crippen molar-refractivity contribution in [2.24, 2.45) is 0 Å². The molecule has 1 rings (SSSR count). The Kier molecular flexibility index (Phi) is 1.98. The van der Waals surface area contributed by atoms with Gasteiger partial charge in [0.2, 0.25) is 4.51 Å². The highest BCUT2D eigenvalue weighted by atomic mass is 32.1. The molecule has 0 saturated heterocycles. The van der Waals surface area contributed by atoms with Gasteiger partial charge in [-0.1, -0.05) is 0 Å². The first kappa shape index (κ1) is 6.90. The molecule has 0 atom stereocenters. The smallest absolute Gasteiger partial charge is 0.146 e. The van der Waals surface area contributed by atoms with Gasteiger partial charge in [-0.2, -0.15) is 0 Å². The fourth-order valence-corrected chi connectivity index (χ4v) is 2.21. The van der Waals surface area contributed by atoms with Gasteiger partial charge in [0.15, 0.2) is 12.2 Å². The molecule has 0 aliphatic heterocycles. The van der Waals surface area contributed by atoms with Gasteiger partial charge in [-0.3, -0.25) is 0 Å². The van der Waals surface area contributed by atoms with E-state index in [1.54, 1.807) is 11.3 Å². The molecule has 0 amide bonds. The Morgan fingerprint density at radius 3 is 2.00 bits per heavy atom. The molecule has 9 heavy (non-hydrogen) atoms. The molecule has 0 aliphatic rings. The molecule has 0 fully saturated rings. The van der Waals surface area contributed by atoms with Crippen LogP contribution in [-0.4, -0.2) is 0 Å². The summed E-state index contributed by atoms with van der Waals surface area (Å²) in [5, 5.41) is 0. The van der Waals surface area contributed by atoms with Gasteiger partial charge in [0.25, 0.3) is 0 Å². The molecule has 0 radical (unpaired) electrons. The molecule has 2 heteroatoms. The molecule has 0 aromatic carbocycles. The predicted octanol–water partition coefficient (Wildman–Crippen LogP) is 2.18. The van der Waals surface area contributed by atoms with E-state index in [4.69, 9.17) is 0 Å². The molecule has 0 N–H and O–H groups in total. The van der Waals surface area contributed by atoms with Gasteiger partial charge in [-0.15, -0.1) is 11.3 Å². The minimum atomic E-state index is 1.06. The standard InChI is InChI=1S/C7H8S2/c1-5-3-7(8)4-6(2)9-5/h3-4H,1-2H3/p+1. The number of thiol groups is 1. The summed E-state index contributed by atoms with van der Waals surface area (Å²) in [5.74, 6) is 0. The van der Waals surface area contributed by atoms with Gasteiger partial charge in [0, 0.05) is 21.9 Å². The van der Waals surface area contributed by atoms with Crippen LogP contribution in [-0.2, 0) is 12.2 Å². The summed E-state index contributed by atoms with van der Waals surface area (Å²) in [4.78, 5) is 2.64. The molecule has 0 unspecified atom stereocenters. The lowest BCUT2D eigenvalue weighted by molar-refractivity contribution is 1.53. The highest BCUT2D eigenvalue weighted by molar-refractivity contribution is 7.49. The molecule has 1 heterocycles. The van der Waals surface area contributed by atoms with Crippen LogP contribution in [0.3, 0.4) is 0 Å². The molecule has 0 spiro atoms. The fourth-order valence-electron chi connectivity index (χ4n) is 0.771. The Hall–Kier alpha value is -0.210. The second-order valence-corrected chi connectivity index (χ2v) is 4.05. The van der Waals surface area contributed by atoms with E-state index in [1.165, 1.54) is 9.75 Å². The van der Waals surface area contributed by atoms with Gasteiger partial charge < -0.3 is 0 Å². The Bertz CT molecular complexity index is 237. The summed E-state index contributed by atoms with van der Waals surface area (Å²) in [6.45, 7) is 4.19. The normalized spacial score (nSPS) is 9.56. The average Bonchev–Trinajstić information content (AvgIpc) is 1.59. The van der Waals surface area contributed by atoms with Crippen molar-refractivity contribution in [2.45, 2.75) is 13.8 Å². The first-order chi connectivity index (χ1) is 4.18. The molecule has 0 aliphatic carbocycles. The van der Waals surface area contributed by atoms with E-state index in [-0.39, 0.29) is 0 Å². The lowest BCUT2D eigenvalue weighted by Crippen LogP contribution is -1.70. The number of aryl methyl sites for hydroxylation is 2. The zero-order chi connectivity index (χ0) is 6.85. The Labute approximate surface area is 64.2 Å². The summed E-state index contributed by atoms with van der Waals surface area (Å²) in [5.41, 5.74) is 0. The van der Waals surface area contributed by atoms with Gasteiger partial charge in [-0.05, 0) is 13.8 Å². The van der Waals surface area contributed by atoms with Gasteiger partial charge >= 0.3 is 0 Å². The van der Waals surface area contributed by atoms with Crippen molar-refractivity contribution in [1.82, 2.24) is 0 Å². The number of hydrogen-bond donors (Lipinski definition) is 0. The maximum atomic E-state index is 4.23. The maximum Gasteiger partial charge on any atom is 0.223 e. The molecule has 48 valence electrons. The molecule has 0 saturated carbocycles. The van der Waals surface area contributed by atoms with E-state index in [9.17, 15) is 0 Å². The summed E-state index contributed by atoms with van der Waals surface area (Å²) in [7, 11) is 0. The maximum absolute atomic E-state index is 4.23. The van der Waals surface area contributed by atoms with Crippen molar-refractivity contribution in [3.05, 3.63) is 26.4 Å². The first-order valence-electron chi connectivity index (χ1n) is 2.79. The first-order valence-corrected chi connectivity index (χ1v) is 4.05. The Morgan fingerprint density at radius 1 is 1.22 bits per heavy atom. The Morgan fingerprint density at radius 2 is 1.67 bits per heavy atom. The molecular formula is C7H9S2+. The number of rotatable bonds is 0. The van der Waals surface area contributed by atoms with Gasteiger partial charge in [0.05, 0.1) is 0 Å².